The summed E-state index contributed by atoms with van der Waals surface area (Å²) in [4.78, 5) is 6.45. The Hall–Kier alpha value is -1.09. The molecule has 12 heavy (non-hydrogen) atoms. The second-order valence-corrected chi connectivity index (χ2v) is 2.87. The van der Waals surface area contributed by atoms with Gasteiger partial charge < -0.3 is 4.74 Å². The van der Waals surface area contributed by atoms with E-state index in [9.17, 15) is 0 Å². The molecule has 0 atom stereocenters. The molecule has 0 fully saturated rings. The Labute approximate surface area is 72.0 Å². The summed E-state index contributed by atoms with van der Waals surface area (Å²) >= 11 is 0. The van der Waals surface area contributed by atoms with E-state index < -0.39 is 0 Å². The van der Waals surface area contributed by atoms with Gasteiger partial charge >= 0.3 is 0 Å². The highest BCUT2D eigenvalue weighted by Gasteiger charge is 2.15. The molecule has 0 unspecified atom stereocenters. The van der Waals surface area contributed by atoms with Gasteiger partial charge in [0.1, 0.15) is 12.5 Å². The Morgan fingerprint density at radius 2 is 2.58 bits per heavy atom. The van der Waals surface area contributed by atoms with Crippen LogP contribution in [0.5, 0.6) is 5.75 Å². The predicted molar refractivity (Wildman–Crippen MR) is 45.8 cm³/mol. The van der Waals surface area contributed by atoms with E-state index in [1.165, 1.54) is 0 Å². The van der Waals surface area contributed by atoms with Crippen molar-refractivity contribution in [2.75, 3.05) is 13.3 Å². The fraction of sp³-hybridized carbons (Fsp3) is 0.444. The lowest BCUT2D eigenvalue weighted by Crippen LogP contribution is -2.32. The van der Waals surface area contributed by atoms with Crippen LogP contribution in [0.3, 0.4) is 0 Å². The molecule has 0 N–H and O–H groups in total. The lowest BCUT2D eigenvalue weighted by Gasteiger charge is -2.26. The molecule has 2 rings (SSSR count). The van der Waals surface area contributed by atoms with Gasteiger partial charge in [0.05, 0.1) is 5.69 Å². The Kier molecular flexibility index (Phi) is 1.96. The fourth-order valence-electron chi connectivity index (χ4n) is 1.29. The minimum Gasteiger partial charge on any atom is -0.476 e. The predicted octanol–water partition coefficient (Wildman–Crippen LogP) is 1.25. The number of aromatic nitrogens is 1. The lowest BCUT2D eigenvalue weighted by atomic mass is 10.3. The number of hydrogen-bond acceptors (Lipinski definition) is 3. The maximum Gasteiger partial charge on any atom is 0.144 e. The third kappa shape index (κ3) is 1.28. The summed E-state index contributed by atoms with van der Waals surface area (Å²) in [6, 6.07) is 3.87. The van der Waals surface area contributed by atoms with Crippen LogP contribution in [-0.2, 0) is 6.54 Å². The van der Waals surface area contributed by atoms with Gasteiger partial charge in [-0.15, -0.1) is 0 Å². The highest BCUT2D eigenvalue weighted by atomic mass is 16.5. The summed E-state index contributed by atoms with van der Waals surface area (Å²) in [7, 11) is 0. The maximum atomic E-state index is 5.49. The van der Waals surface area contributed by atoms with E-state index >= 15 is 0 Å². The molecule has 0 bridgehead atoms. The SMILES string of the molecule is CCN1COc2cccnc2C1. The molecule has 1 aliphatic rings. The summed E-state index contributed by atoms with van der Waals surface area (Å²) in [6.07, 6.45) is 1.81. The number of pyridine rings is 1. The number of ether oxygens (including phenoxy) is 1. The largest absolute Gasteiger partial charge is 0.476 e. The number of nitrogens with zero attached hydrogens (tertiary/aromatic N) is 2. The van der Waals surface area contributed by atoms with Crippen molar-refractivity contribution in [1.29, 1.82) is 0 Å². The van der Waals surface area contributed by atoms with Gasteiger partial charge in [-0.2, -0.15) is 0 Å². The minimum atomic E-state index is 0.690. The van der Waals surface area contributed by atoms with Crippen molar-refractivity contribution in [2.24, 2.45) is 0 Å². The monoisotopic (exact) mass is 164 g/mol. The van der Waals surface area contributed by atoms with Crippen molar-refractivity contribution in [3.8, 4) is 5.75 Å². The van der Waals surface area contributed by atoms with Crippen LogP contribution in [0.15, 0.2) is 18.3 Å². The topological polar surface area (TPSA) is 25.4 Å². The Morgan fingerprint density at radius 1 is 1.67 bits per heavy atom. The molecule has 0 aliphatic carbocycles. The molecule has 64 valence electrons. The van der Waals surface area contributed by atoms with Crippen LogP contribution >= 0.6 is 0 Å². The zero-order chi connectivity index (χ0) is 8.39. The Balaban J connectivity index is 2.23. The number of fused-ring (bicyclic) bond motifs is 1. The summed E-state index contributed by atoms with van der Waals surface area (Å²) in [5.74, 6) is 0.933. The van der Waals surface area contributed by atoms with Crippen LogP contribution in [0.4, 0.5) is 0 Å². The molecule has 0 aromatic carbocycles. The molecule has 2 heterocycles. The third-order valence-electron chi connectivity index (χ3n) is 2.07. The quantitative estimate of drug-likeness (QED) is 0.624. The summed E-state index contributed by atoms with van der Waals surface area (Å²) in [6.45, 7) is 4.73. The van der Waals surface area contributed by atoms with Gasteiger partial charge in [0, 0.05) is 12.7 Å². The van der Waals surface area contributed by atoms with Gasteiger partial charge in [0.15, 0.2) is 0 Å². The second-order valence-electron chi connectivity index (χ2n) is 2.87. The first-order chi connectivity index (χ1) is 5.90. The molecule has 1 aromatic rings. The number of rotatable bonds is 1. The molecule has 3 heteroatoms. The summed E-state index contributed by atoms with van der Waals surface area (Å²) in [5.41, 5.74) is 1.05. The fourth-order valence-corrected chi connectivity index (χ4v) is 1.29. The van der Waals surface area contributed by atoms with Crippen LogP contribution in [-0.4, -0.2) is 23.2 Å². The zero-order valence-corrected chi connectivity index (χ0v) is 7.16. The van der Waals surface area contributed by atoms with Crippen LogP contribution in [0.2, 0.25) is 0 Å². The van der Waals surface area contributed by atoms with Crippen molar-refractivity contribution in [3.63, 3.8) is 0 Å². The zero-order valence-electron chi connectivity index (χ0n) is 7.16. The van der Waals surface area contributed by atoms with E-state index in [2.05, 4.69) is 16.8 Å². The van der Waals surface area contributed by atoms with Crippen LogP contribution < -0.4 is 4.74 Å². The smallest absolute Gasteiger partial charge is 0.144 e. The first-order valence-corrected chi connectivity index (χ1v) is 4.19. The van der Waals surface area contributed by atoms with Crippen molar-refractivity contribution >= 4 is 0 Å². The van der Waals surface area contributed by atoms with Crippen molar-refractivity contribution in [1.82, 2.24) is 9.88 Å². The second kappa shape index (κ2) is 3.11. The van der Waals surface area contributed by atoms with E-state index in [-0.39, 0.29) is 0 Å². The first-order valence-electron chi connectivity index (χ1n) is 4.19. The Bertz CT molecular complexity index is 275. The summed E-state index contributed by atoms with van der Waals surface area (Å²) < 4.78 is 5.49. The van der Waals surface area contributed by atoms with Crippen molar-refractivity contribution in [3.05, 3.63) is 24.0 Å². The van der Waals surface area contributed by atoms with Crippen LogP contribution in [0.1, 0.15) is 12.6 Å². The average molecular weight is 164 g/mol. The standard InChI is InChI=1S/C9H12N2O/c1-2-11-6-8-9(12-7-11)4-3-5-10-8/h3-5H,2,6-7H2,1H3. The minimum absolute atomic E-state index is 0.690. The van der Waals surface area contributed by atoms with Crippen LogP contribution in [0, 0.1) is 0 Å². The highest BCUT2D eigenvalue weighted by Crippen LogP contribution is 2.21. The van der Waals surface area contributed by atoms with Gasteiger partial charge in [-0.1, -0.05) is 6.92 Å². The molecule has 0 saturated heterocycles. The molecular weight excluding hydrogens is 152 g/mol. The van der Waals surface area contributed by atoms with E-state index in [0.29, 0.717) is 6.73 Å². The normalized spacial score (nSPS) is 16.8. The lowest BCUT2D eigenvalue weighted by molar-refractivity contribution is 0.0980. The molecule has 0 saturated carbocycles. The van der Waals surface area contributed by atoms with Crippen molar-refractivity contribution < 1.29 is 4.74 Å². The van der Waals surface area contributed by atoms with E-state index in [1.807, 2.05) is 12.1 Å². The van der Waals surface area contributed by atoms with Gasteiger partial charge in [-0.05, 0) is 18.7 Å². The van der Waals surface area contributed by atoms with E-state index in [4.69, 9.17) is 4.74 Å². The molecule has 0 spiro atoms. The van der Waals surface area contributed by atoms with Gasteiger partial charge in [0.2, 0.25) is 0 Å². The van der Waals surface area contributed by atoms with Crippen LogP contribution in [0.25, 0.3) is 0 Å². The maximum absolute atomic E-state index is 5.49. The molecule has 3 nitrogen and oxygen atoms in total. The molecular formula is C9H12N2O. The van der Waals surface area contributed by atoms with Gasteiger partial charge in [0.25, 0.3) is 0 Å². The molecule has 0 amide bonds. The van der Waals surface area contributed by atoms with E-state index in [1.54, 1.807) is 6.20 Å². The molecule has 1 aromatic heterocycles. The Morgan fingerprint density at radius 3 is 3.42 bits per heavy atom. The highest BCUT2D eigenvalue weighted by molar-refractivity contribution is 5.27. The number of hydrogen-bond donors (Lipinski definition) is 0. The van der Waals surface area contributed by atoms with Crippen molar-refractivity contribution in [2.45, 2.75) is 13.5 Å². The van der Waals surface area contributed by atoms with E-state index in [0.717, 1.165) is 24.5 Å². The molecule has 0 radical (unpaired) electrons. The molecule has 1 aliphatic heterocycles. The first kappa shape index (κ1) is 7.55. The summed E-state index contributed by atoms with van der Waals surface area (Å²) in [5, 5.41) is 0. The average Bonchev–Trinajstić information content (AvgIpc) is 2.17. The van der Waals surface area contributed by atoms with Gasteiger partial charge in [-0.3, -0.25) is 9.88 Å². The third-order valence-corrected chi connectivity index (χ3v) is 2.07. The van der Waals surface area contributed by atoms with Gasteiger partial charge in [-0.25, -0.2) is 0 Å².